The van der Waals surface area contributed by atoms with Crippen LogP contribution in [0.4, 0.5) is 5.69 Å². The largest absolute Gasteiger partial charge is 0.380 e. The smallest absolute Gasteiger partial charge is 0.0711 e. The van der Waals surface area contributed by atoms with Gasteiger partial charge in [-0.1, -0.05) is 6.07 Å². The van der Waals surface area contributed by atoms with E-state index in [0.717, 1.165) is 27.9 Å². The fraction of sp³-hybridized carbons (Fsp3) is 0.143. The summed E-state index contributed by atoms with van der Waals surface area (Å²) in [4.78, 5) is 4.23. The molecule has 0 amide bonds. The molecule has 0 radical (unpaired) electrons. The summed E-state index contributed by atoms with van der Waals surface area (Å²) < 4.78 is 2.88. The minimum absolute atomic E-state index is 0.732. The number of nitrogens with one attached hydrogen (secondary N) is 1. The molecule has 0 aliphatic rings. The summed E-state index contributed by atoms with van der Waals surface area (Å²) in [6.45, 7) is 2.71. The van der Waals surface area contributed by atoms with Crippen molar-refractivity contribution in [2.24, 2.45) is 0 Å². The Morgan fingerprint density at radius 3 is 3.11 bits per heavy atom. The molecule has 0 unspecified atom stereocenters. The first-order valence-electron chi connectivity index (χ1n) is 6.02. The number of rotatable bonds is 3. The molecule has 0 spiro atoms. The van der Waals surface area contributed by atoms with E-state index in [9.17, 15) is 0 Å². The van der Waals surface area contributed by atoms with Crippen molar-refractivity contribution in [2.75, 3.05) is 5.32 Å². The van der Waals surface area contributed by atoms with Crippen LogP contribution in [-0.2, 0) is 6.54 Å². The van der Waals surface area contributed by atoms with Crippen molar-refractivity contribution in [1.82, 2.24) is 14.6 Å². The maximum absolute atomic E-state index is 4.32. The molecule has 3 aromatic rings. The summed E-state index contributed by atoms with van der Waals surface area (Å²) in [5, 5.41) is 7.73. The summed E-state index contributed by atoms with van der Waals surface area (Å²) >= 11 is 3.55. The molecule has 5 heteroatoms. The van der Waals surface area contributed by atoms with Crippen molar-refractivity contribution in [3.05, 3.63) is 58.6 Å². The molecule has 0 fully saturated rings. The average Bonchev–Trinajstić information content (AvgIpc) is 2.84. The molecule has 3 aromatic heterocycles. The summed E-state index contributed by atoms with van der Waals surface area (Å²) in [6, 6.07) is 8.02. The second kappa shape index (κ2) is 5.01. The molecular formula is C14H13BrN4. The zero-order valence-corrected chi connectivity index (χ0v) is 12.1. The number of pyridine rings is 2. The Labute approximate surface area is 119 Å². The summed E-state index contributed by atoms with van der Waals surface area (Å²) in [5.74, 6) is 0. The van der Waals surface area contributed by atoms with Crippen LogP contribution in [0.3, 0.4) is 0 Å². The highest BCUT2D eigenvalue weighted by Gasteiger charge is 2.06. The van der Waals surface area contributed by atoms with Gasteiger partial charge in [0.1, 0.15) is 0 Å². The van der Waals surface area contributed by atoms with Gasteiger partial charge in [0.05, 0.1) is 27.6 Å². The molecule has 0 aliphatic carbocycles. The van der Waals surface area contributed by atoms with E-state index in [1.54, 1.807) is 6.20 Å². The maximum Gasteiger partial charge on any atom is 0.0711 e. The normalized spacial score (nSPS) is 10.8. The van der Waals surface area contributed by atoms with Crippen molar-refractivity contribution >= 4 is 27.1 Å². The third kappa shape index (κ3) is 2.33. The maximum atomic E-state index is 4.32. The molecule has 0 saturated carbocycles. The fourth-order valence-corrected chi connectivity index (χ4v) is 2.37. The molecule has 0 aromatic carbocycles. The lowest BCUT2D eigenvalue weighted by molar-refractivity contribution is 0.961. The second-order valence-corrected chi connectivity index (χ2v) is 5.10. The summed E-state index contributed by atoms with van der Waals surface area (Å²) in [5.41, 5.74) is 4.31. The number of anilines is 1. The van der Waals surface area contributed by atoms with Gasteiger partial charge in [0, 0.05) is 24.5 Å². The predicted octanol–water partition coefficient (Wildman–Crippen LogP) is 3.41. The predicted molar refractivity (Wildman–Crippen MR) is 79.2 cm³/mol. The van der Waals surface area contributed by atoms with Crippen molar-refractivity contribution in [1.29, 1.82) is 0 Å². The fourth-order valence-electron chi connectivity index (χ4n) is 2.00. The molecule has 3 heterocycles. The first-order chi connectivity index (χ1) is 9.25. The number of aryl methyl sites for hydroxylation is 1. The molecule has 0 saturated heterocycles. The first kappa shape index (κ1) is 12.2. The van der Waals surface area contributed by atoms with Gasteiger partial charge in [-0.05, 0) is 41.1 Å². The van der Waals surface area contributed by atoms with Crippen LogP contribution in [-0.4, -0.2) is 14.6 Å². The minimum atomic E-state index is 0.732. The number of fused-ring (bicyclic) bond motifs is 1. The van der Waals surface area contributed by atoms with E-state index < -0.39 is 0 Å². The first-order valence-corrected chi connectivity index (χ1v) is 6.81. The molecular weight excluding hydrogens is 304 g/mol. The van der Waals surface area contributed by atoms with Crippen LogP contribution in [0.15, 0.2) is 47.3 Å². The average molecular weight is 317 g/mol. The van der Waals surface area contributed by atoms with E-state index in [4.69, 9.17) is 0 Å². The van der Waals surface area contributed by atoms with Crippen LogP contribution in [0, 0.1) is 6.92 Å². The van der Waals surface area contributed by atoms with Gasteiger partial charge in [0.15, 0.2) is 0 Å². The third-order valence-electron chi connectivity index (χ3n) is 3.04. The zero-order chi connectivity index (χ0) is 13.2. The van der Waals surface area contributed by atoms with E-state index in [1.807, 2.05) is 42.0 Å². The second-order valence-electron chi connectivity index (χ2n) is 4.31. The van der Waals surface area contributed by atoms with Crippen LogP contribution in [0.2, 0.25) is 0 Å². The Kier molecular flexibility index (Phi) is 3.21. The lowest BCUT2D eigenvalue weighted by atomic mass is 10.2. The highest BCUT2D eigenvalue weighted by Crippen LogP contribution is 2.24. The molecule has 0 aliphatic heterocycles. The van der Waals surface area contributed by atoms with Crippen LogP contribution >= 0.6 is 15.9 Å². The molecule has 3 rings (SSSR count). The van der Waals surface area contributed by atoms with Gasteiger partial charge < -0.3 is 5.32 Å². The molecule has 1 N–H and O–H groups in total. The minimum Gasteiger partial charge on any atom is -0.380 e. The van der Waals surface area contributed by atoms with Crippen LogP contribution in [0.25, 0.3) is 5.52 Å². The quantitative estimate of drug-likeness (QED) is 0.805. The van der Waals surface area contributed by atoms with Crippen LogP contribution in [0.1, 0.15) is 11.3 Å². The number of nitrogens with zero attached hydrogens (tertiary/aromatic N) is 3. The zero-order valence-electron chi connectivity index (χ0n) is 10.5. The standard InChI is InChI=1S/C14H13BrN4/c1-10-14(15)12(5-6-16-10)17-8-11-9-18-19-7-3-2-4-13(11)19/h2-7,9H,8H2,1H3,(H,16,17). The van der Waals surface area contributed by atoms with Crippen molar-refractivity contribution in [2.45, 2.75) is 13.5 Å². The van der Waals surface area contributed by atoms with Gasteiger partial charge in [0.2, 0.25) is 0 Å². The van der Waals surface area contributed by atoms with E-state index >= 15 is 0 Å². The Morgan fingerprint density at radius 1 is 1.32 bits per heavy atom. The number of aromatic nitrogens is 3. The Bertz CT molecular complexity index is 720. The third-order valence-corrected chi connectivity index (χ3v) is 4.04. The monoisotopic (exact) mass is 316 g/mol. The molecule has 0 bridgehead atoms. The van der Waals surface area contributed by atoms with Gasteiger partial charge in [-0.25, -0.2) is 4.52 Å². The van der Waals surface area contributed by atoms with Gasteiger partial charge in [-0.15, -0.1) is 0 Å². The van der Waals surface area contributed by atoms with Gasteiger partial charge in [-0.2, -0.15) is 5.10 Å². The lowest BCUT2D eigenvalue weighted by Gasteiger charge is -2.08. The summed E-state index contributed by atoms with van der Waals surface area (Å²) in [6.07, 6.45) is 5.65. The number of hydrogen-bond acceptors (Lipinski definition) is 3. The SMILES string of the molecule is Cc1nccc(NCc2cnn3ccccc23)c1Br. The van der Waals surface area contributed by atoms with Crippen LogP contribution in [0.5, 0.6) is 0 Å². The lowest BCUT2D eigenvalue weighted by Crippen LogP contribution is -2.01. The topological polar surface area (TPSA) is 42.2 Å². The van der Waals surface area contributed by atoms with Gasteiger partial charge >= 0.3 is 0 Å². The number of halogens is 1. The molecule has 4 nitrogen and oxygen atoms in total. The Balaban J connectivity index is 1.84. The van der Waals surface area contributed by atoms with E-state index in [1.165, 1.54) is 5.56 Å². The van der Waals surface area contributed by atoms with Crippen molar-refractivity contribution in [3.63, 3.8) is 0 Å². The van der Waals surface area contributed by atoms with Crippen molar-refractivity contribution < 1.29 is 0 Å². The Hall–Kier alpha value is -1.88. The molecule has 19 heavy (non-hydrogen) atoms. The molecule has 96 valence electrons. The van der Waals surface area contributed by atoms with Gasteiger partial charge in [0.25, 0.3) is 0 Å². The van der Waals surface area contributed by atoms with E-state index in [0.29, 0.717) is 0 Å². The highest BCUT2D eigenvalue weighted by atomic mass is 79.9. The summed E-state index contributed by atoms with van der Waals surface area (Å²) in [7, 11) is 0. The number of hydrogen-bond donors (Lipinski definition) is 1. The van der Waals surface area contributed by atoms with Crippen molar-refractivity contribution in [3.8, 4) is 0 Å². The van der Waals surface area contributed by atoms with Crippen LogP contribution < -0.4 is 5.32 Å². The van der Waals surface area contributed by atoms with E-state index in [2.05, 4.69) is 37.4 Å². The molecule has 0 atom stereocenters. The highest BCUT2D eigenvalue weighted by molar-refractivity contribution is 9.10. The van der Waals surface area contributed by atoms with Gasteiger partial charge in [-0.3, -0.25) is 4.98 Å². The Morgan fingerprint density at radius 2 is 2.21 bits per heavy atom. The van der Waals surface area contributed by atoms with E-state index in [-0.39, 0.29) is 0 Å².